The highest BCUT2D eigenvalue weighted by Crippen LogP contribution is 2.14. The Labute approximate surface area is 104 Å². The van der Waals surface area contributed by atoms with Crippen molar-refractivity contribution in [2.24, 2.45) is 16.8 Å². The fourth-order valence-corrected chi connectivity index (χ4v) is 2.28. The second-order valence-electron chi connectivity index (χ2n) is 4.80. The smallest absolute Gasteiger partial charge is 0.139 e. The molecule has 17 heavy (non-hydrogen) atoms. The van der Waals surface area contributed by atoms with Crippen LogP contribution in [0.15, 0.2) is 5.16 Å². The van der Waals surface area contributed by atoms with Crippen molar-refractivity contribution < 1.29 is 5.21 Å². The summed E-state index contributed by atoms with van der Waals surface area (Å²) in [6.07, 6.45) is 4.07. The molecule has 1 unspecified atom stereocenters. The zero-order valence-corrected chi connectivity index (χ0v) is 10.9. The molecule has 4 N–H and O–H groups in total. The molecule has 0 aromatic heterocycles. The van der Waals surface area contributed by atoms with E-state index in [9.17, 15) is 0 Å². The van der Waals surface area contributed by atoms with E-state index in [-0.39, 0.29) is 0 Å². The van der Waals surface area contributed by atoms with Crippen molar-refractivity contribution in [1.29, 1.82) is 0 Å². The van der Waals surface area contributed by atoms with Crippen molar-refractivity contribution in [1.82, 2.24) is 10.2 Å². The van der Waals surface area contributed by atoms with Gasteiger partial charge in [0.15, 0.2) is 0 Å². The highest BCUT2D eigenvalue weighted by Gasteiger charge is 2.20. The van der Waals surface area contributed by atoms with Crippen LogP contribution >= 0.6 is 0 Å². The van der Waals surface area contributed by atoms with Crippen LogP contribution < -0.4 is 11.1 Å². The quantitative estimate of drug-likeness (QED) is 0.194. The van der Waals surface area contributed by atoms with Gasteiger partial charge in [0, 0.05) is 13.0 Å². The highest BCUT2D eigenvalue weighted by molar-refractivity contribution is 5.79. The van der Waals surface area contributed by atoms with Crippen LogP contribution in [0, 0.1) is 5.92 Å². The van der Waals surface area contributed by atoms with Gasteiger partial charge in [-0.15, -0.1) is 0 Å². The Morgan fingerprint density at radius 1 is 1.53 bits per heavy atom. The zero-order valence-electron chi connectivity index (χ0n) is 10.9. The third-order valence-corrected chi connectivity index (χ3v) is 3.42. The number of oxime groups is 1. The monoisotopic (exact) mass is 242 g/mol. The lowest BCUT2D eigenvalue weighted by Gasteiger charge is -2.13. The minimum atomic E-state index is 0.333. The average molecular weight is 242 g/mol. The number of unbranched alkanes of at least 4 members (excludes halogenated alkanes) is 1. The van der Waals surface area contributed by atoms with E-state index in [0.717, 1.165) is 31.8 Å². The molecule has 1 fully saturated rings. The summed E-state index contributed by atoms with van der Waals surface area (Å²) in [4.78, 5) is 2.50. The Morgan fingerprint density at radius 2 is 2.35 bits per heavy atom. The molecular formula is C12H26N4O. The Kier molecular flexibility index (Phi) is 6.96. The first-order valence-electron chi connectivity index (χ1n) is 6.65. The van der Waals surface area contributed by atoms with Crippen LogP contribution in [0.3, 0.4) is 0 Å². The Balaban J connectivity index is 1.91. The molecule has 1 saturated heterocycles. The maximum absolute atomic E-state index is 8.37. The number of hydrogen-bond acceptors (Lipinski definition) is 4. The predicted octanol–water partition coefficient (Wildman–Crippen LogP) is 0.835. The lowest BCUT2D eigenvalue weighted by Crippen LogP contribution is -2.27. The third kappa shape index (κ3) is 5.89. The number of likely N-dealkylation sites (tertiary alicyclic amines) is 1. The van der Waals surface area contributed by atoms with Gasteiger partial charge in [-0.3, -0.25) is 0 Å². The van der Waals surface area contributed by atoms with Crippen LogP contribution in [0.5, 0.6) is 0 Å². The maximum atomic E-state index is 8.37. The molecule has 0 aliphatic carbocycles. The van der Waals surface area contributed by atoms with Crippen LogP contribution in [0.2, 0.25) is 0 Å². The van der Waals surface area contributed by atoms with Gasteiger partial charge in [-0.2, -0.15) is 0 Å². The summed E-state index contributed by atoms with van der Waals surface area (Å²) in [5.74, 6) is 1.15. The van der Waals surface area contributed by atoms with E-state index in [1.165, 1.54) is 26.1 Å². The first-order valence-corrected chi connectivity index (χ1v) is 6.65. The Bertz CT molecular complexity index is 233. The van der Waals surface area contributed by atoms with Gasteiger partial charge in [-0.05, 0) is 51.4 Å². The molecule has 5 heteroatoms. The Morgan fingerprint density at radius 3 is 3.00 bits per heavy atom. The van der Waals surface area contributed by atoms with Gasteiger partial charge in [0.05, 0.1) is 0 Å². The summed E-state index contributed by atoms with van der Waals surface area (Å²) in [6, 6.07) is 0. The molecule has 1 heterocycles. The molecule has 1 rings (SSSR count). The summed E-state index contributed by atoms with van der Waals surface area (Å²) >= 11 is 0. The number of nitrogens with one attached hydrogen (secondary N) is 1. The minimum Gasteiger partial charge on any atom is -0.409 e. The summed E-state index contributed by atoms with van der Waals surface area (Å²) in [5, 5.41) is 14.8. The van der Waals surface area contributed by atoms with Gasteiger partial charge < -0.3 is 21.2 Å². The summed E-state index contributed by atoms with van der Waals surface area (Å²) in [7, 11) is 0. The predicted molar refractivity (Wildman–Crippen MR) is 70.4 cm³/mol. The van der Waals surface area contributed by atoms with E-state index < -0.39 is 0 Å². The van der Waals surface area contributed by atoms with Crippen molar-refractivity contribution in [3.63, 3.8) is 0 Å². The van der Waals surface area contributed by atoms with E-state index >= 15 is 0 Å². The number of nitrogens with two attached hydrogens (primary N) is 1. The van der Waals surface area contributed by atoms with Crippen molar-refractivity contribution in [2.45, 2.75) is 32.6 Å². The van der Waals surface area contributed by atoms with Gasteiger partial charge in [0.1, 0.15) is 5.84 Å². The number of rotatable bonds is 8. The number of amidine groups is 1. The Hall–Kier alpha value is -0.810. The SMILES string of the molecule is CCN1CCC(CNCCCCC(N)=NO)C1. The third-order valence-electron chi connectivity index (χ3n) is 3.42. The molecule has 0 saturated carbocycles. The highest BCUT2D eigenvalue weighted by atomic mass is 16.4. The largest absolute Gasteiger partial charge is 0.409 e. The van der Waals surface area contributed by atoms with Crippen LogP contribution in [0.4, 0.5) is 0 Å². The molecule has 0 spiro atoms. The molecule has 1 atom stereocenters. The van der Waals surface area contributed by atoms with Gasteiger partial charge in [-0.1, -0.05) is 12.1 Å². The normalized spacial score (nSPS) is 22.2. The fourth-order valence-electron chi connectivity index (χ4n) is 2.28. The summed E-state index contributed by atoms with van der Waals surface area (Å²) < 4.78 is 0. The lowest BCUT2D eigenvalue weighted by molar-refractivity contribution is 0.316. The second-order valence-corrected chi connectivity index (χ2v) is 4.80. The summed E-state index contributed by atoms with van der Waals surface area (Å²) in [5.41, 5.74) is 5.39. The summed E-state index contributed by atoms with van der Waals surface area (Å²) in [6.45, 7) is 8.06. The molecular weight excluding hydrogens is 216 g/mol. The molecule has 0 aromatic rings. The minimum absolute atomic E-state index is 0.333. The van der Waals surface area contributed by atoms with Crippen molar-refractivity contribution in [3.05, 3.63) is 0 Å². The molecule has 1 aliphatic rings. The van der Waals surface area contributed by atoms with E-state index in [1.807, 2.05) is 0 Å². The van der Waals surface area contributed by atoms with Crippen molar-refractivity contribution in [3.8, 4) is 0 Å². The first kappa shape index (κ1) is 14.3. The molecule has 100 valence electrons. The van der Waals surface area contributed by atoms with Crippen LogP contribution in [-0.2, 0) is 0 Å². The van der Waals surface area contributed by atoms with Gasteiger partial charge in [0.2, 0.25) is 0 Å². The van der Waals surface area contributed by atoms with Crippen LogP contribution in [-0.4, -0.2) is 48.7 Å². The maximum Gasteiger partial charge on any atom is 0.139 e. The lowest BCUT2D eigenvalue weighted by atomic mass is 10.1. The number of hydrogen-bond donors (Lipinski definition) is 3. The van der Waals surface area contributed by atoms with Gasteiger partial charge in [0.25, 0.3) is 0 Å². The van der Waals surface area contributed by atoms with Crippen LogP contribution in [0.25, 0.3) is 0 Å². The van der Waals surface area contributed by atoms with Gasteiger partial charge >= 0.3 is 0 Å². The van der Waals surface area contributed by atoms with E-state index in [0.29, 0.717) is 12.3 Å². The van der Waals surface area contributed by atoms with Crippen LogP contribution in [0.1, 0.15) is 32.6 Å². The fraction of sp³-hybridized carbons (Fsp3) is 0.917. The molecule has 0 bridgehead atoms. The second kappa shape index (κ2) is 8.31. The standard InChI is InChI=1S/C12H26N4O/c1-2-16-8-6-11(10-16)9-14-7-4-3-5-12(13)15-17/h11,14,17H,2-10H2,1H3,(H2,13,15). The van der Waals surface area contributed by atoms with E-state index in [1.54, 1.807) is 0 Å². The molecule has 0 aromatic carbocycles. The number of nitrogens with zero attached hydrogens (tertiary/aromatic N) is 2. The topological polar surface area (TPSA) is 73.9 Å². The first-order chi connectivity index (χ1) is 8.26. The molecule has 0 amide bonds. The molecule has 0 radical (unpaired) electrons. The van der Waals surface area contributed by atoms with Crippen molar-refractivity contribution >= 4 is 5.84 Å². The zero-order chi connectivity index (χ0) is 12.5. The van der Waals surface area contributed by atoms with Gasteiger partial charge in [-0.25, -0.2) is 0 Å². The molecule has 1 aliphatic heterocycles. The molecule has 5 nitrogen and oxygen atoms in total. The van der Waals surface area contributed by atoms with E-state index in [2.05, 4.69) is 22.3 Å². The van der Waals surface area contributed by atoms with Crippen molar-refractivity contribution in [2.75, 3.05) is 32.7 Å². The van der Waals surface area contributed by atoms with E-state index in [4.69, 9.17) is 10.9 Å². The average Bonchev–Trinajstić information content (AvgIpc) is 2.81.